The molecule has 1 aromatic rings. The van der Waals surface area contributed by atoms with Crippen LogP contribution in [0.25, 0.3) is 0 Å². The van der Waals surface area contributed by atoms with E-state index < -0.39 is 10.0 Å². The van der Waals surface area contributed by atoms with E-state index in [0.29, 0.717) is 25.9 Å². The van der Waals surface area contributed by atoms with Gasteiger partial charge in [0.05, 0.1) is 6.54 Å². The van der Waals surface area contributed by atoms with Crippen molar-refractivity contribution < 1.29 is 13.2 Å². The normalized spacial score (nSPS) is 11.4. The smallest absolute Gasteiger partial charge is 0.249 e. The number of hydrogen-bond donors (Lipinski definition) is 3. The summed E-state index contributed by atoms with van der Waals surface area (Å²) >= 11 is 1.14. The summed E-state index contributed by atoms with van der Waals surface area (Å²) in [6, 6.07) is 3.22. The molecule has 0 radical (unpaired) electrons. The van der Waals surface area contributed by atoms with Gasteiger partial charge < -0.3 is 11.1 Å². The monoisotopic (exact) mass is 291 g/mol. The molecule has 8 heteroatoms. The molecule has 0 fully saturated rings. The molecule has 0 saturated heterocycles. The van der Waals surface area contributed by atoms with Crippen LogP contribution in [-0.2, 0) is 21.4 Å². The lowest BCUT2D eigenvalue weighted by Crippen LogP contribution is -2.22. The van der Waals surface area contributed by atoms with Crippen LogP contribution in [0, 0.1) is 0 Å². The molecule has 0 unspecified atom stereocenters. The van der Waals surface area contributed by atoms with Crippen molar-refractivity contribution >= 4 is 27.3 Å². The molecule has 0 aliphatic heterocycles. The Morgan fingerprint density at radius 2 is 2.17 bits per heavy atom. The average Bonchev–Trinajstić information content (AvgIpc) is 2.83. The van der Waals surface area contributed by atoms with Gasteiger partial charge in [-0.3, -0.25) is 4.79 Å². The molecule has 1 aromatic heterocycles. The lowest BCUT2D eigenvalue weighted by molar-refractivity contribution is -0.121. The van der Waals surface area contributed by atoms with E-state index in [1.165, 1.54) is 13.1 Å². The first kappa shape index (κ1) is 15.1. The summed E-state index contributed by atoms with van der Waals surface area (Å²) in [7, 11) is -2.03. The zero-order chi connectivity index (χ0) is 13.6. The maximum atomic E-state index is 11.5. The number of amides is 1. The van der Waals surface area contributed by atoms with Gasteiger partial charge in [0.2, 0.25) is 15.9 Å². The van der Waals surface area contributed by atoms with E-state index in [4.69, 9.17) is 5.73 Å². The third-order valence-electron chi connectivity index (χ3n) is 2.24. The highest BCUT2D eigenvalue weighted by molar-refractivity contribution is 7.91. The number of hydrogen-bond acceptors (Lipinski definition) is 5. The molecule has 0 aliphatic carbocycles. The fraction of sp³-hybridized carbons (Fsp3) is 0.500. The molecule has 0 bridgehead atoms. The van der Waals surface area contributed by atoms with Gasteiger partial charge in [-0.1, -0.05) is 0 Å². The maximum absolute atomic E-state index is 11.5. The first-order valence-electron chi connectivity index (χ1n) is 5.48. The van der Waals surface area contributed by atoms with Crippen LogP contribution in [0.3, 0.4) is 0 Å². The van der Waals surface area contributed by atoms with Gasteiger partial charge in [-0.15, -0.1) is 11.3 Å². The van der Waals surface area contributed by atoms with Crippen molar-refractivity contribution in [1.82, 2.24) is 10.0 Å². The molecule has 0 saturated carbocycles. The third kappa shape index (κ3) is 4.37. The number of rotatable bonds is 7. The number of nitrogens with two attached hydrogens (primary N) is 1. The number of thiophene rings is 1. The molecule has 18 heavy (non-hydrogen) atoms. The molecule has 0 aliphatic rings. The minimum Gasteiger partial charge on any atom is -0.351 e. The summed E-state index contributed by atoms with van der Waals surface area (Å²) in [5, 5.41) is 2.72. The lowest BCUT2D eigenvalue weighted by Gasteiger charge is -2.02. The van der Waals surface area contributed by atoms with Crippen LogP contribution >= 0.6 is 11.3 Å². The predicted octanol–water partition coefficient (Wildman–Crippen LogP) is 0.0113. The van der Waals surface area contributed by atoms with Gasteiger partial charge in [0, 0.05) is 11.3 Å². The Hall–Kier alpha value is -0.960. The van der Waals surface area contributed by atoms with Crippen molar-refractivity contribution in [2.24, 2.45) is 5.73 Å². The van der Waals surface area contributed by atoms with Gasteiger partial charge in [0.25, 0.3) is 0 Å². The average molecular weight is 291 g/mol. The topological polar surface area (TPSA) is 101 Å². The van der Waals surface area contributed by atoms with E-state index in [0.717, 1.165) is 16.2 Å². The van der Waals surface area contributed by atoms with Crippen LogP contribution in [0.4, 0.5) is 0 Å². The Bertz CT molecular complexity index is 496. The van der Waals surface area contributed by atoms with Gasteiger partial charge in [0.1, 0.15) is 4.21 Å². The van der Waals surface area contributed by atoms with E-state index >= 15 is 0 Å². The van der Waals surface area contributed by atoms with Crippen LogP contribution in [0.5, 0.6) is 0 Å². The van der Waals surface area contributed by atoms with Gasteiger partial charge in [-0.2, -0.15) is 0 Å². The zero-order valence-corrected chi connectivity index (χ0v) is 11.7. The van der Waals surface area contributed by atoms with E-state index in [2.05, 4.69) is 10.0 Å². The zero-order valence-electron chi connectivity index (χ0n) is 10.1. The van der Waals surface area contributed by atoms with Crippen LogP contribution in [0.15, 0.2) is 16.3 Å². The van der Waals surface area contributed by atoms with Gasteiger partial charge in [-0.25, -0.2) is 13.1 Å². The predicted molar refractivity (Wildman–Crippen MR) is 70.7 cm³/mol. The highest BCUT2D eigenvalue weighted by Crippen LogP contribution is 2.20. The van der Waals surface area contributed by atoms with Crippen molar-refractivity contribution in [2.75, 3.05) is 13.6 Å². The lowest BCUT2D eigenvalue weighted by atomic mass is 10.3. The standard InChI is InChI=1S/C10H17N3O3S2/c1-12-18(15,16)10-5-4-8(17-10)7-13-9(14)3-2-6-11/h4-5,12H,2-3,6-7,11H2,1H3,(H,13,14). The van der Waals surface area contributed by atoms with Crippen molar-refractivity contribution in [1.29, 1.82) is 0 Å². The largest absolute Gasteiger partial charge is 0.351 e. The Morgan fingerprint density at radius 3 is 2.78 bits per heavy atom. The summed E-state index contributed by atoms with van der Waals surface area (Å²) in [6.45, 7) is 0.824. The number of carbonyl (C=O) groups excluding carboxylic acids is 1. The minimum atomic E-state index is -3.39. The SMILES string of the molecule is CNS(=O)(=O)c1ccc(CNC(=O)CCCN)s1. The van der Waals surface area contributed by atoms with Gasteiger partial charge in [0.15, 0.2) is 0 Å². The van der Waals surface area contributed by atoms with E-state index in [1.807, 2.05) is 0 Å². The van der Waals surface area contributed by atoms with Crippen LogP contribution in [0.1, 0.15) is 17.7 Å². The highest BCUT2D eigenvalue weighted by Gasteiger charge is 2.14. The van der Waals surface area contributed by atoms with Crippen LogP contribution < -0.4 is 15.8 Å². The second-order valence-corrected chi connectivity index (χ2v) is 6.88. The Morgan fingerprint density at radius 1 is 1.44 bits per heavy atom. The second kappa shape index (κ2) is 6.83. The molecule has 6 nitrogen and oxygen atoms in total. The van der Waals surface area contributed by atoms with E-state index in [9.17, 15) is 13.2 Å². The molecule has 4 N–H and O–H groups in total. The van der Waals surface area contributed by atoms with Crippen molar-refractivity contribution in [3.8, 4) is 0 Å². The van der Waals surface area contributed by atoms with E-state index in [-0.39, 0.29) is 10.1 Å². The fourth-order valence-electron chi connectivity index (χ4n) is 1.23. The van der Waals surface area contributed by atoms with Crippen molar-refractivity contribution in [2.45, 2.75) is 23.6 Å². The minimum absolute atomic E-state index is 0.0770. The molecule has 1 rings (SSSR count). The molecule has 1 heterocycles. The molecule has 0 aromatic carbocycles. The first-order chi connectivity index (χ1) is 8.49. The number of nitrogens with one attached hydrogen (secondary N) is 2. The van der Waals surface area contributed by atoms with Crippen LogP contribution in [-0.4, -0.2) is 27.9 Å². The Kier molecular flexibility index (Phi) is 5.73. The summed E-state index contributed by atoms with van der Waals surface area (Å²) in [5.74, 6) is -0.0770. The van der Waals surface area contributed by atoms with Crippen LogP contribution in [0.2, 0.25) is 0 Å². The summed E-state index contributed by atoms with van der Waals surface area (Å²) in [6.07, 6.45) is 1.04. The summed E-state index contributed by atoms with van der Waals surface area (Å²) < 4.78 is 25.5. The first-order valence-corrected chi connectivity index (χ1v) is 7.78. The van der Waals surface area contributed by atoms with E-state index in [1.54, 1.807) is 6.07 Å². The maximum Gasteiger partial charge on any atom is 0.249 e. The number of sulfonamides is 1. The second-order valence-electron chi connectivity index (χ2n) is 3.60. The highest BCUT2D eigenvalue weighted by atomic mass is 32.2. The Labute approximate surface area is 111 Å². The third-order valence-corrected chi connectivity index (χ3v) is 5.23. The molecule has 102 valence electrons. The molecule has 0 atom stereocenters. The molecular formula is C10H17N3O3S2. The Balaban J connectivity index is 2.53. The number of carbonyl (C=O) groups is 1. The molecule has 0 spiro atoms. The summed E-state index contributed by atoms with van der Waals surface area (Å²) in [5.41, 5.74) is 5.30. The fourth-order valence-corrected chi connectivity index (χ4v) is 3.37. The van der Waals surface area contributed by atoms with Gasteiger partial charge in [-0.05, 0) is 32.1 Å². The molecule has 1 amide bonds. The quantitative estimate of drug-likeness (QED) is 0.658. The van der Waals surface area contributed by atoms with Crippen molar-refractivity contribution in [3.63, 3.8) is 0 Å². The summed E-state index contributed by atoms with van der Waals surface area (Å²) in [4.78, 5) is 12.1. The molecular weight excluding hydrogens is 274 g/mol. The van der Waals surface area contributed by atoms with Gasteiger partial charge >= 0.3 is 0 Å². The van der Waals surface area contributed by atoms with Crippen molar-refractivity contribution in [3.05, 3.63) is 17.0 Å².